The van der Waals surface area contributed by atoms with Crippen LogP contribution in [0.5, 0.6) is 5.75 Å². The van der Waals surface area contributed by atoms with Crippen LogP contribution in [0.1, 0.15) is 37.9 Å². The summed E-state index contributed by atoms with van der Waals surface area (Å²) in [5, 5.41) is 12.3. The lowest BCUT2D eigenvalue weighted by Crippen LogP contribution is -2.41. The van der Waals surface area contributed by atoms with E-state index in [9.17, 15) is 14.3 Å². The Hall–Kier alpha value is -3.84. The van der Waals surface area contributed by atoms with Crippen LogP contribution in [0.2, 0.25) is 0 Å². The molecule has 3 aromatic carbocycles. The highest BCUT2D eigenvalue weighted by Crippen LogP contribution is 2.31. The predicted molar refractivity (Wildman–Crippen MR) is 142 cm³/mol. The van der Waals surface area contributed by atoms with E-state index >= 15 is 0 Å². The lowest BCUT2D eigenvalue weighted by molar-refractivity contribution is 0.0168. The first-order valence-corrected chi connectivity index (χ1v) is 12.3. The third-order valence-electron chi connectivity index (χ3n) is 6.02. The highest BCUT2D eigenvalue weighted by molar-refractivity contribution is 5.82. The van der Waals surface area contributed by atoms with Crippen LogP contribution < -0.4 is 4.74 Å². The molecule has 0 saturated carbocycles. The first kappa shape index (κ1) is 26.2. The van der Waals surface area contributed by atoms with Gasteiger partial charge in [0.1, 0.15) is 23.8 Å². The zero-order valence-electron chi connectivity index (χ0n) is 21.6. The molecule has 0 spiro atoms. The fourth-order valence-corrected chi connectivity index (χ4v) is 4.26. The Bertz CT molecular complexity index is 1350. The molecule has 4 aromatic rings. The SMILES string of the molecule is CN(C[C@@H](O)[C@H](c1ccccc1)n1ccc2cc(OCc3ccccc3F)ccc21)C(=O)OC(C)(C)C. The van der Waals surface area contributed by atoms with E-state index in [1.54, 1.807) is 25.2 Å². The molecule has 0 aliphatic rings. The number of aliphatic hydroxyl groups is 1. The number of carbonyl (C=O) groups excluding carboxylic acids is 1. The van der Waals surface area contributed by atoms with Gasteiger partial charge in [0, 0.05) is 29.7 Å². The van der Waals surface area contributed by atoms with Crippen LogP contribution in [0.4, 0.5) is 9.18 Å². The van der Waals surface area contributed by atoms with Gasteiger partial charge in [-0.25, -0.2) is 9.18 Å². The summed E-state index contributed by atoms with van der Waals surface area (Å²) in [7, 11) is 1.62. The third-order valence-corrected chi connectivity index (χ3v) is 6.02. The molecule has 1 aromatic heterocycles. The minimum atomic E-state index is -0.910. The molecule has 0 aliphatic heterocycles. The molecule has 6 nitrogen and oxygen atoms in total. The third kappa shape index (κ3) is 6.49. The summed E-state index contributed by atoms with van der Waals surface area (Å²) in [4.78, 5) is 13.9. The van der Waals surface area contributed by atoms with E-state index in [-0.39, 0.29) is 19.0 Å². The average molecular weight is 505 g/mol. The van der Waals surface area contributed by atoms with E-state index < -0.39 is 23.8 Å². The minimum absolute atomic E-state index is 0.0813. The van der Waals surface area contributed by atoms with Gasteiger partial charge in [0.05, 0.1) is 18.7 Å². The van der Waals surface area contributed by atoms with E-state index in [1.165, 1.54) is 11.0 Å². The second kappa shape index (κ2) is 11.0. The van der Waals surface area contributed by atoms with Crippen molar-refractivity contribution in [2.24, 2.45) is 0 Å². The van der Waals surface area contributed by atoms with Crippen LogP contribution in [0.15, 0.2) is 85.1 Å². The van der Waals surface area contributed by atoms with Gasteiger partial charge < -0.3 is 24.0 Å². The molecule has 0 fully saturated rings. The van der Waals surface area contributed by atoms with Crippen LogP contribution in [-0.4, -0.2) is 46.0 Å². The molecule has 37 heavy (non-hydrogen) atoms. The molecule has 194 valence electrons. The molecule has 1 N–H and O–H groups in total. The maximum atomic E-state index is 14.0. The zero-order chi connectivity index (χ0) is 26.6. The fourth-order valence-electron chi connectivity index (χ4n) is 4.26. The summed E-state index contributed by atoms with van der Waals surface area (Å²) in [6.07, 6.45) is 0.513. The summed E-state index contributed by atoms with van der Waals surface area (Å²) in [5.74, 6) is 0.320. The van der Waals surface area contributed by atoms with E-state index in [4.69, 9.17) is 9.47 Å². The van der Waals surface area contributed by atoms with Crippen LogP contribution in [0.3, 0.4) is 0 Å². The number of ether oxygens (including phenoxy) is 2. The molecule has 7 heteroatoms. The Balaban J connectivity index is 1.58. The van der Waals surface area contributed by atoms with E-state index in [2.05, 4.69) is 0 Å². The van der Waals surface area contributed by atoms with Crippen LogP contribution in [0, 0.1) is 5.82 Å². The standard InChI is InChI=1S/C30H33FN2O4/c1-30(2,3)37-29(35)32(4)19-27(34)28(21-10-6-5-7-11-21)33-17-16-22-18-24(14-15-26(22)33)36-20-23-12-8-9-13-25(23)31/h5-18,27-28,34H,19-20H2,1-4H3/t27-,28+/m1/s1. The maximum Gasteiger partial charge on any atom is 0.410 e. The molecule has 0 aliphatic carbocycles. The second-order valence-electron chi connectivity index (χ2n) is 10.1. The van der Waals surface area contributed by atoms with Crippen molar-refractivity contribution < 1.29 is 23.8 Å². The molecule has 4 rings (SSSR count). The van der Waals surface area contributed by atoms with E-state index in [0.717, 1.165) is 16.5 Å². The van der Waals surface area contributed by atoms with Gasteiger partial charge in [-0.2, -0.15) is 0 Å². The zero-order valence-corrected chi connectivity index (χ0v) is 21.6. The number of nitrogens with zero attached hydrogens (tertiary/aromatic N) is 2. The normalized spacial score (nSPS) is 13.2. The number of hydrogen-bond acceptors (Lipinski definition) is 4. The number of benzene rings is 3. The van der Waals surface area contributed by atoms with Crippen molar-refractivity contribution in [2.75, 3.05) is 13.6 Å². The molecule has 1 heterocycles. The van der Waals surface area contributed by atoms with Gasteiger partial charge in [-0.05, 0) is 56.7 Å². The van der Waals surface area contributed by atoms with Crippen molar-refractivity contribution >= 4 is 17.0 Å². The predicted octanol–water partition coefficient (Wildman–Crippen LogP) is 6.18. The summed E-state index contributed by atoms with van der Waals surface area (Å²) >= 11 is 0. The number of rotatable bonds is 8. The van der Waals surface area contributed by atoms with Crippen molar-refractivity contribution in [1.29, 1.82) is 0 Å². The maximum absolute atomic E-state index is 14.0. The number of likely N-dealkylation sites (N-methyl/N-ethyl adjacent to an activating group) is 1. The number of aliphatic hydroxyl groups excluding tert-OH is 1. The fraction of sp³-hybridized carbons (Fsp3) is 0.300. The van der Waals surface area contributed by atoms with Gasteiger partial charge in [-0.1, -0.05) is 48.5 Å². The number of halogens is 1. The smallest absolute Gasteiger partial charge is 0.410 e. The van der Waals surface area contributed by atoms with Crippen molar-refractivity contribution in [3.05, 3.63) is 102 Å². The second-order valence-corrected chi connectivity index (χ2v) is 10.1. The Morgan fingerprint density at radius 3 is 2.43 bits per heavy atom. The van der Waals surface area contributed by atoms with Gasteiger partial charge in [-0.15, -0.1) is 0 Å². The van der Waals surface area contributed by atoms with Gasteiger partial charge in [0.25, 0.3) is 0 Å². The Morgan fingerprint density at radius 2 is 1.73 bits per heavy atom. The first-order chi connectivity index (χ1) is 17.6. The lowest BCUT2D eigenvalue weighted by Gasteiger charge is -2.30. The average Bonchev–Trinajstić information content (AvgIpc) is 3.26. The van der Waals surface area contributed by atoms with Crippen molar-refractivity contribution in [3.8, 4) is 5.75 Å². The van der Waals surface area contributed by atoms with Gasteiger partial charge in [-0.3, -0.25) is 0 Å². The Kier molecular flexibility index (Phi) is 7.83. The molecule has 2 atom stereocenters. The molecule has 0 radical (unpaired) electrons. The number of aromatic nitrogens is 1. The van der Waals surface area contributed by atoms with Crippen LogP contribution in [0.25, 0.3) is 10.9 Å². The summed E-state index contributed by atoms with van der Waals surface area (Å²) < 4.78 is 27.3. The van der Waals surface area contributed by atoms with Crippen molar-refractivity contribution in [1.82, 2.24) is 9.47 Å². The van der Waals surface area contributed by atoms with Gasteiger partial charge in [0.2, 0.25) is 0 Å². The quantitative estimate of drug-likeness (QED) is 0.311. The lowest BCUT2D eigenvalue weighted by atomic mass is 10.0. The number of fused-ring (bicyclic) bond motifs is 1. The first-order valence-electron chi connectivity index (χ1n) is 12.3. The highest BCUT2D eigenvalue weighted by atomic mass is 19.1. The number of amides is 1. The topological polar surface area (TPSA) is 63.9 Å². The summed E-state index contributed by atoms with van der Waals surface area (Å²) in [5.41, 5.74) is 1.66. The van der Waals surface area contributed by atoms with Crippen LogP contribution >= 0.6 is 0 Å². The highest BCUT2D eigenvalue weighted by Gasteiger charge is 2.28. The Labute approximate surface area is 216 Å². The summed E-state index contributed by atoms with van der Waals surface area (Å²) in [6.45, 7) is 5.63. The number of carbonyl (C=O) groups is 1. The molecule has 1 amide bonds. The van der Waals surface area contributed by atoms with Crippen molar-refractivity contribution in [3.63, 3.8) is 0 Å². The van der Waals surface area contributed by atoms with E-state index in [1.807, 2.05) is 86.1 Å². The van der Waals surface area contributed by atoms with Gasteiger partial charge in [0.15, 0.2) is 0 Å². The Morgan fingerprint density at radius 1 is 1.03 bits per heavy atom. The largest absolute Gasteiger partial charge is 0.489 e. The number of hydrogen-bond donors (Lipinski definition) is 1. The molecule has 0 unspecified atom stereocenters. The molecule has 0 bridgehead atoms. The molecular weight excluding hydrogens is 471 g/mol. The van der Waals surface area contributed by atoms with Gasteiger partial charge >= 0.3 is 6.09 Å². The molecular formula is C30H33FN2O4. The monoisotopic (exact) mass is 504 g/mol. The molecule has 0 saturated heterocycles. The van der Waals surface area contributed by atoms with Crippen molar-refractivity contribution in [2.45, 2.75) is 45.1 Å². The van der Waals surface area contributed by atoms with Crippen LogP contribution in [-0.2, 0) is 11.3 Å². The minimum Gasteiger partial charge on any atom is -0.489 e. The van der Waals surface area contributed by atoms with E-state index in [0.29, 0.717) is 11.3 Å². The summed E-state index contributed by atoms with van der Waals surface area (Å²) in [6, 6.07) is 23.4.